The first-order chi connectivity index (χ1) is 7.29. The summed E-state index contributed by atoms with van der Waals surface area (Å²) in [6.07, 6.45) is 3.26. The summed E-state index contributed by atoms with van der Waals surface area (Å²) >= 11 is 0. The summed E-state index contributed by atoms with van der Waals surface area (Å²) in [5.41, 5.74) is 2.06. The quantitative estimate of drug-likeness (QED) is 0.700. The molecule has 1 aliphatic rings. The standard InChI is InChI=1S/C13H17NO/c1-14-7-6-11(9-14)8-12-4-2-3-5-13(12)10-15/h2-5,10-11H,6-9H2,1H3. The molecule has 80 valence electrons. The molecule has 2 nitrogen and oxygen atoms in total. The van der Waals surface area contributed by atoms with Gasteiger partial charge in [-0.05, 0) is 37.9 Å². The molecule has 1 saturated heterocycles. The van der Waals surface area contributed by atoms with Gasteiger partial charge in [0.15, 0.2) is 0 Å². The van der Waals surface area contributed by atoms with Gasteiger partial charge in [-0.25, -0.2) is 0 Å². The number of aldehydes is 1. The molecule has 1 unspecified atom stereocenters. The SMILES string of the molecule is CN1CCC(Cc2ccccc2C=O)C1. The predicted molar refractivity (Wildman–Crippen MR) is 61.1 cm³/mol. The number of carbonyl (C=O) groups is 1. The van der Waals surface area contributed by atoms with Gasteiger partial charge < -0.3 is 4.90 Å². The Labute approximate surface area is 90.9 Å². The van der Waals surface area contributed by atoms with Gasteiger partial charge in [0.25, 0.3) is 0 Å². The van der Waals surface area contributed by atoms with E-state index >= 15 is 0 Å². The van der Waals surface area contributed by atoms with Crippen molar-refractivity contribution in [2.75, 3.05) is 20.1 Å². The molecular weight excluding hydrogens is 186 g/mol. The van der Waals surface area contributed by atoms with Crippen LogP contribution in [0.4, 0.5) is 0 Å². The Morgan fingerprint density at radius 2 is 2.27 bits per heavy atom. The highest BCUT2D eigenvalue weighted by atomic mass is 16.1. The maximum absolute atomic E-state index is 10.9. The van der Waals surface area contributed by atoms with Gasteiger partial charge in [0.1, 0.15) is 6.29 Å². The monoisotopic (exact) mass is 203 g/mol. The van der Waals surface area contributed by atoms with Crippen molar-refractivity contribution in [1.29, 1.82) is 0 Å². The second-order valence-electron chi connectivity index (χ2n) is 4.44. The van der Waals surface area contributed by atoms with Gasteiger partial charge in [0.05, 0.1) is 0 Å². The van der Waals surface area contributed by atoms with Gasteiger partial charge in [0.2, 0.25) is 0 Å². The molecule has 0 aromatic heterocycles. The Morgan fingerprint density at radius 1 is 1.47 bits per heavy atom. The second-order valence-corrected chi connectivity index (χ2v) is 4.44. The van der Waals surface area contributed by atoms with E-state index in [9.17, 15) is 4.79 Å². The molecule has 0 amide bonds. The van der Waals surface area contributed by atoms with Crippen LogP contribution in [0.1, 0.15) is 22.3 Å². The third kappa shape index (κ3) is 2.45. The highest BCUT2D eigenvalue weighted by Gasteiger charge is 2.20. The molecule has 1 aliphatic heterocycles. The van der Waals surface area contributed by atoms with Crippen LogP contribution in [0.3, 0.4) is 0 Å². The number of hydrogen-bond acceptors (Lipinski definition) is 2. The first kappa shape index (κ1) is 10.4. The van der Waals surface area contributed by atoms with Crippen molar-refractivity contribution in [2.45, 2.75) is 12.8 Å². The number of benzene rings is 1. The minimum atomic E-state index is 0.719. The lowest BCUT2D eigenvalue weighted by Gasteiger charge is -2.11. The summed E-state index contributed by atoms with van der Waals surface area (Å²) in [7, 11) is 2.16. The number of rotatable bonds is 3. The van der Waals surface area contributed by atoms with Gasteiger partial charge in [0, 0.05) is 12.1 Å². The normalized spacial score (nSPS) is 21.8. The molecule has 0 radical (unpaired) electrons. The van der Waals surface area contributed by atoms with E-state index in [1.807, 2.05) is 18.2 Å². The van der Waals surface area contributed by atoms with Gasteiger partial charge in [-0.1, -0.05) is 24.3 Å². The van der Waals surface area contributed by atoms with E-state index in [0.29, 0.717) is 0 Å². The summed E-state index contributed by atoms with van der Waals surface area (Å²) in [5.74, 6) is 0.719. The zero-order valence-corrected chi connectivity index (χ0v) is 9.15. The number of likely N-dealkylation sites (tertiary alicyclic amines) is 1. The smallest absolute Gasteiger partial charge is 0.150 e. The van der Waals surface area contributed by atoms with Crippen molar-refractivity contribution in [3.8, 4) is 0 Å². The molecule has 0 N–H and O–H groups in total. The first-order valence-electron chi connectivity index (χ1n) is 5.51. The van der Waals surface area contributed by atoms with E-state index in [0.717, 1.165) is 30.7 Å². The molecule has 1 aromatic rings. The van der Waals surface area contributed by atoms with Crippen molar-refractivity contribution >= 4 is 6.29 Å². The number of hydrogen-bond donors (Lipinski definition) is 0. The molecule has 1 fully saturated rings. The maximum Gasteiger partial charge on any atom is 0.150 e. The molecule has 1 atom stereocenters. The zero-order valence-electron chi connectivity index (χ0n) is 9.15. The Morgan fingerprint density at radius 3 is 2.93 bits per heavy atom. The lowest BCUT2D eigenvalue weighted by molar-refractivity contribution is 0.112. The van der Waals surface area contributed by atoms with Crippen molar-refractivity contribution in [1.82, 2.24) is 4.90 Å². The third-order valence-corrected chi connectivity index (χ3v) is 3.18. The van der Waals surface area contributed by atoms with Crippen LogP contribution < -0.4 is 0 Å². The maximum atomic E-state index is 10.9. The van der Waals surface area contributed by atoms with Crippen molar-refractivity contribution in [3.05, 3.63) is 35.4 Å². The number of carbonyl (C=O) groups excluding carboxylic acids is 1. The fourth-order valence-electron chi connectivity index (χ4n) is 2.34. The van der Waals surface area contributed by atoms with Crippen LogP contribution in [0, 0.1) is 5.92 Å². The fourth-order valence-corrected chi connectivity index (χ4v) is 2.34. The zero-order chi connectivity index (χ0) is 10.7. The van der Waals surface area contributed by atoms with E-state index < -0.39 is 0 Å². The molecule has 0 spiro atoms. The molecule has 0 saturated carbocycles. The van der Waals surface area contributed by atoms with Gasteiger partial charge in [-0.2, -0.15) is 0 Å². The topological polar surface area (TPSA) is 20.3 Å². The van der Waals surface area contributed by atoms with Crippen molar-refractivity contribution in [3.63, 3.8) is 0 Å². The molecule has 2 heteroatoms. The molecule has 0 bridgehead atoms. The van der Waals surface area contributed by atoms with E-state index in [1.54, 1.807) is 0 Å². The van der Waals surface area contributed by atoms with Crippen LogP contribution in [-0.2, 0) is 6.42 Å². The molecule has 2 rings (SSSR count). The van der Waals surface area contributed by atoms with E-state index in [-0.39, 0.29) is 0 Å². The minimum Gasteiger partial charge on any atom is -0.306 e. The summed E-state index contributed by atoms with van der Waals surface area (Å²) in [6.45, 7) is 2.35. The molecule has 0 aliphatic carbocycles. The van der Waals surface area contributed by atoms with Crippen LogP contribution in [0.2, 0.25) is 0 Å². The summed E-state index contributed by atoms with van der Waals surface area (Å²) < 4.78 is 0. The van der Waals surface area contributed by atoms with E-state index in [2.05, 4.69) is 18.0 Å². The van der Waals surface area contributed by atoms with E-state index in [1.165, 1.54) is 18.5 Å². The largest absolute Gasteiger partial charge is 0.306 e. The van der Waals surface area contributed by atoms with Gasteiger partial charge in [-0.3, -0.25) is 4.79 Å². The van der Waals surface area contributed by atoms with Crippen molar-refractivity contribution in [2.24, 2.45) is 5.92 Å². The van der Waals surface area contributed by atoms with Crippen molar-refractivity contribution < 1.29 is 4.79 Å². The molecule has 15 heavy (non-hydrogen) atoms. The molecule has 1 heterocycles. The van der Waals surface area contributed by atoms with Gasteiger partial charge in [-0.15, -0.1) is 0 Å². The Kier molecular flexibility index (Phi) is 3.17. The van der Waals surface area contributed by atoms with Crippen LogP contribution >= 0.6 is 0 Å². The average molecular weight is 203 g/mol. The number of nitrogens with zero attached hydrogens (tertiary/aromatic N) is 1. The molecular formula is C13H17NO. The average Bonchev–Trinajstić information content (AvgIpc) is 2.65. The lowest BCUT2D eigenvalue weighted by atomic mass is 9.95. The lowest BCUT2D eigenvalue weighted by Crippen LogP contribution is -2.15. The summed E-state index contributed by atoms with van der Waals surface area (Å²) in [6, 6.07) is 7.91. The highest BCUT2D eigenvalue weighted by molar-refractivity contribution is 5.77. The second kappa shape index (κ2) is 4.58. The Balaban J connectivity index is 2.07. The van der Waals surface area contributed by atoms with Gasteiger partial charge >= 0.3 is 0 Å². The summed E-state index contributed by atoms with van der Waals surface area (Å²) in [5, 5.41) is 0. The Bertz CT molecular complexity index is 348. The fraction of sp³-hybridized carbons (Fsp3) is 0.462. The summed E-state index contributed by atoms with van der Waals surface area (Å²) in [4.78, 5) is 13.2. The van der Waals surface area contributed by atoms with Crippen LogP contribution in [0.25, 0.3) is 0 Å². The van der Waals surface area contributed by atoms with Crippen LogP contribution in [0.5, 0.6) is 0 Å². The minimum absolute atomic E-state index is 0.719. The molecule has 1 aromatic carbocycles. The van der Waals surface area contributed by atoms with Crippen LogP contribution in [-0.4, -0.2) is 31.3 Å². The Hall–Kier alpha value is -1.15. The highest BCUT2D eigenvalue weighted by Crippen LogP contribution is 2.20. The third-order valence-electron chi connectivity index (χ3n) is 3.18. The predicted octanol–water partition coefficient (Wildman–Crippen LogP) is 1.99. The first-order valence-corrected chi connectivity index (χ1v) is 5.51. The van der Waals surface area contributed by atoms with E-state index in [4.69, 9.17) is 0 Å². The van der Waals surface area contributed by atoms with Crippen LogP contribution in [0.15, 0.2) is 24.3 Å².